The summed E-state index contributed by atoms with van der Waals surface area (Å²) >= 11 is 0. The summed E-state index contributed by atoms with van der Waals surface area (Å²) in [7, 11) is 1.99. The van der Waals surface area contributed by atoms with Gasteiger partial charge in [-0.3, -0.25) is 4.90 Å². The Bertz CT molecular complexity index is 234. The molecule has 3 aliphatic rings. The Balaban J connectivity index is 2.23. The number of carbonyl (C=O) groups is 1. The van der Waals surface area contributed by atoms with E-state index in [-0.39, 0.29) is 6.04 Å². The van der Waals surface area contributed by atoms with Crippen LogP contribution in [0.5, 0.6) is 0 Å². The van der Waals surface area contributed by atoms with Crippen LogP contribution in [0.25, 0.3) is 0 Å². The van der Waals surface area contributed by atoms with Crippen molar-refractivity contribution in [3.05, 3.63) is 11.6 Å². The van der Waals surface area contributed by atoms with E-state index in [0.717, 1.165) is 12.8 Å². The van der Waals surface area contributed by atoms with Gasteiger partial charge in [0.2, 0.25) is 0 Å². The fourth-order valence-electron chi connectivity index (χ4n) is 1.94. The van der Waals surface area contributed by atoms with Gasteiger partial charge >= 0.3 is 5.97 Å². The molecule has 3 heteroatoms. The van der Waals surface area contributed by atoms with Crippen LogP contribution in [0.1, 0.15) is 12.8 Å². The number of fused-ring (bicyclic) bond motifs is 1. The third-order valence-corrected chi connectivity index (χ3v) is 2.78. The molecule has 2 bridgehead atoms. The van der Waals surface area contributed by atoms with E-state index >= 15 is 0 Å². The third kappa shape index (κ3) is 0.807. The van der Waals surface area contributed by atoms with Crippen LogP contribution in [-0.4, -0.2) is 35.1 Å². The van der Waals surface area contributed by atoms with Crippen molar-refractivity contribution in [3.63, 3.8) is 0 Å². The monoisotopic (exact) mass is 153 g/mol. The van der Waals surface area contributed by atoms with Crippen molar-refractivity contribution in [1.82, 2.24) is 4.90 Å². The number of carboxylic acid groups (broad SMARTS) is 1. The molecule has 0 aromatic rings. The average molecular weight is 153 g/mol. The van der Waals surface area contributed by atoms with Crippen molar-refractivity contribution >= 4 is 5.97 Å². The smallest absolute Gasteiger partial charge is 0.332 e. The van der Waals surface area contributed by atoms with E-state index in [4.69, 9.17) is 5.11 Å². The standard InChI is InChI=1S/C8H11NO2/c1-9-5-2-3-6(8(10)11)7(9)4-5/h3,5,7H,2,4H2,1H3,(H,10,11). The maximum atomic E-state index is 10.6. The summed E-state index contributed by atoms with van der Waals surface area (Å²) in [5.74, 6) is -0.750. The van der Waals surface area contributed by atoms with Crippen LogP contribution >= 0.6 is 0 Å². The summed E-state index contributed by atoms with van der Waals surface area (Å²) in [4.78, 5) is 12.8. The van der Waals surface area contributed by atoms with Crippen LogP contribution in [-0.2, 0) is 4.79 Å². The number of rotatable bonds is 1. The number of hydrogen-bond donors (Lipinski definition) is 1. The van der Waals surface area contributed by atoms with Gasteiger partial charge in [-0.05, 0) is 19.9 Å². The Hall–Kier alpha value is -0.830. The maximum Gasteiger partial charge on any atom is 0.332 e. The summed E-state index contributed by atoms with van der Waals surface area (Å²) in [6, 6.07) is 0.814. The number of nitrogens with zero attached hydrogens (tertiary/aromatic N) is 1. The van der Waals surface area contributed by atoms with Gasteiger partial charge in [-0.25, -0.2) is 4.79 Å². The summed E-state index contributed by atoms with van der Waals surface area (Å²) in [6.07, 6.45) is 3.81. The van der Waals surface area contributed by atoms with Gasteiger partial charge in [0, 0.05) is 12.1 Å². The Morgan fingerprint density at radius 1 is 1.82 bits per heavy atom. The normalized spacial score (nSPS) is 35.9. The largest absolute Gasteiger partial charge is 0.478 e. The van der Waals surface area contributed by atoms with E-state index in [2.05, 4.69) is 4.90 Å². The molecule has 60 valence electrons. The summed E-state index contributed by atoms with van der Waals surface area (Å²) in [5.41, 5.74) is 0.593. The molecule has 1 aliphatic carbocycles. The van der Waals surface area contributed by atoms with Gasteiger partial charge in [-0.15, -0.1) is 0 Å². The molecule has 2 heterocycles. The Morgan fingerprint density at radius 2 is 2.55 bits per heavy atom. The van der Waals surface area contributed by atoms with Crippen molar-refractivity contribution in [2.45, 2.75) is 24.9 Å². The SMILES string of the molecule is CN1C2CC=C(C(=O)O)C1C2. The highest BCUT2D eigenvalue weighted by Crippen LogP contribution is 2.36. The van der Waals surface area contributed by atoms with Crippen molar-refractivity contribution < 1.29 is 9.90 Å². The molecule has 0 amide bonds. The Morgan fingerprint density at radius 3 is 2.91 bits per heavy atom. The van der Waals surface area contributed by atoms with Crippen LogP contribution in [0.2, 0.25) is 0 Å². The first-order valence-corrected chi connectivity index (χ1v) is 3.85. The van der Waals surface area contributed by atoms with E-state index in [1.165, 1.54) is 0 Å². The van der Waals surface area contributed by atoms with Gasteiger partial charge in [0.1, 0.15) is 0 Å². The van der Waals surface area contributed by atoms with Crippen molar-refractivity contribution in [1.29, 1.82) is 0 Å². The quantitative estimate of drug-likeness (QED) is 0.595. The van der Waals surface area contributed by atoms with Crippen LogP contribution < -0.4 is 0 Å². The van der Waals surface area contributed by atoms with Gasteiger partial charge in [0.25, 0.3) is 0 Å². The number of carboxylic acids is 1. The summed E-state index contributed by atoms with van der Waals surface area (Å²) < 4.78 is 0. The van der Waals surface area contributed by atoms with Crippen LogP contribution in [0, 0.1) is 0 Å². The molecular formula is C8H11NO2. The minimum atomic E-state index is -0.750. The van der Waals surface area contributed by atoms with Crippen LogP contribution in [0.4, 0.5) is 0 Å². The van der Waals surface area contributed by atoms with Crippen molar-refractivity contribution in [2.24, 2.45) is 0 Å². The molecule has 2 aliphatic heterocycles. The number of aliphatic carboxylic acids is 1. The van der Waals surface area contributed by atoms with Crippen LogP contribution in [0.3, 0.4) is 0 Å². The summed E-state index contributed by atoms with van der Waals surface area (Å²) in [5, 5.41) is 8.76. The molecule has 0 saturated carbocycles. The molecule has 2 atom stereocenters. The first kappa shape index (κ1) is 6.85. The predicted molar refractivity (Wildman–Crippen MR) is 40.3 cm³/mol. The molecule has 3 rings (SSSR count). The Labute approximate surface area is 65.3 Å². The van der Waals surface area contributed by atoms with Crippen molar-refractivity contribution in [2.75, 3.05) is 7.05 Å². The van der Waals surface area contributed by atoms with E-state index in [1.54, 1.807) is 0 Å². The highest BCUT2D eigenvalue weighted by molar-refractivity contribution is 5.88. The van der Waals surface area contributed by atoms with Gasteiger partial charge in [0.15, 0.2) is 0 Å². The molecule has 11 heavy (non-hydrogen) atoms. The molecule has 1 N–H and O–H groups in total. The molecule has 1 fully saturated rings. The molecule has 1 saturated heterocycles. The first-order valence-electron chi connectivity index (χ1n) is 3.85. The van der Waals surface area contributed by atoms with E-state index < -0.39 is 5.97 Å². The fourth-order valence-corrected chi connectivity index (χ4v) is 1.94. The lowest BCUT2D eigenvalue weighted by Crippen LogP contribution is -2.57. The molecular weight excluding hydrogens is 142 g/mol. The molecule has 0 radical (unpaired) electrons. The molecule has 3 nitrogen and oxygen atoms in total. The van der Waals surface area contributed by atoms with Gasteiger partial charge in [-0.1, -0.05) is 6.08 Å². The zero-order chi connectivity index (χ0) is 8.01. The van der Waals surface area contributed by atoms with Gasteiger partial charge in [0.05, 0.1) is 5.57 Å². The third-order valence-electron chi connectivity index (χ3n) is 2.78. The number of hydrogen-bond acceptors (Lipinski definition) is 2. The first-order chi connectivity index (χ1) is 5.20. The zero-order valence-electron chi connectivity index (χ0n) is 6.45. The average Bonchev–Trinajstić information content (AvgIpc) is 2.03. The molecule has 2 unspecified atom stereocenters. The number of likely N-dealkylation sites (N-methyl/N-ethyl adjacent to an activating group) is 1. The minimum absolute atomic E-state index is 0.200. The maximum absolute atomic E-state index is 10.6. The lowest BCUT2D eigenvalue weighted by atomic mass is 9.80. The van der Waals surface area contributed by atoms with E-state index in [1.807, 2.05) is 13.1 Å². The van der Waals surface area contributed by atoms with E-state index in [0.29, 0.717) is 11.6 Å². The zero-order valence-corrected chi connectivity index (χ0v) is 6.45. The summed E-state index contributed by atoms with van der Waals surface area (Å²) in [6.45, 7) is 0. The lowest BCUT2D eigenvalue weighted by Gasteiger charge is -2.49. The van der Waals surface area contributed by atoms with Gasteiger partial charge in [-0.2, -0.15) is 0 Å². The van der Waals surface area contributed by atoms with Crippen LogP contribution in [0.15, 0.2) is 11.6 Å². The fraction of sp³-hybridized carbons (Fsp3) is 0.625. The van der Waals surface area contributed by atoms with Gasteiger partial charge < -0.3 is 5.11 Å². The highest BCUT2D eigenvalue weighted by atomic mass is 16.4. The second kappa shape index (κ2) is 2.08. The molecule has 0 aromatic carbocycles. The topological polar surface area (TPSA) is 40.5 Å². The van der Waals surface area contributed by atoms with E-state index in [9.17, 15) is 4.79 Å². The Kier molecular flexibility index (Phi) is 1.29. The second-order valence-electron chi connectivity index (χ2n) is 3.27. The van der Waals surface area contributed by atoms with Crippen molar-refractivity contribution in [3.8, 4) is 0 Å². The second-order valence-corrected chi connectivity index (χ2v) is 3.27. The lowest BCUT2D eigenvalue weighted by molar-refractivity contribution is -0.134. The minimum Gasteiger partial charge on any atom is -0.478 e. The predicted octanol–water partition coefficient (Wildman–Crippen LogP) is 0.474. The molecule has 0 aromatic heterocycles. The molecule has 0 spiro atoms. The highest BCUT2D eigenvalue weighted by Gasteiger charge is 2.42.